The highest BCUT2D eigenvalue weighted by Gasteiger charge is 2.21. The molecule has 0 saturated heterocycles. The molecule has 0 bridgehead atoms. The first kappa shape index (κ1) is 23.3. The maximum atomic E-state index is 13.5. The first-order chi connectivity index (χ1) is 14.7. The lowest BCUT2D eigenvalue weighted by Crippen LogP contribution is -2.42. The molecule has 0 aliphatic heterocycles. The van der Waals surface area contributed by atoms with Crippen molar-refractivity contribution in [3.8, 4) is 0 Å². The maximum absolute atomic E-state index is 13.5. The number of nitrogens with one attached hydrogen (secondary N) is 1. The fourth-order valence-electron chi connectivity index (χ4n) is 3.05. The number of rotatable bonds is 5. The fourth-order valence-corrected chi connectivity index (χ4v) is 3.62. The quantitative estimate of drug-likeness (QED) is 0.235. The standard InChI is InChI=1S/C25H24Cl2N2OS/c1-25(2,3)19-11-13-29(14-12-19)22(23(30)18-9-10-20(26)21(27)15-18)24(31)28-16-17-7-5-4-6-8-17/h4-15H,16H2,1-3H3,(H-,28,30,31). The van der Waals surface area contributed by atoms with Gasteiger partial charge in [-0.05, 0) is 40.0 Å². The Bertz CT molecular complexity index is 1100. The van der Waals surface area contributed by atoms with Crippen LogP contribution in [0.4, 0.5) is 0 Å². The molecule has 0 unspecified atom stereocenters. The van der Waals surface area contributed by atoms with E-state index in [-0.39, 0.29) is 11.2 Å². The van der Waals surface area contributed by atoms with Gasteiger partial charge in [0.15, 0.2) is 17.4 Å². The zero-order valence-corrected chi connectivity index (χ0v) is 20.0. The van der Waals surface area contributed by atoms with Gasteiger partial charge in [0.2, 0.25) is 5.70 Å². The zero-order chi connectivity index (χ0) is 22.6. The van der Waals surface area contributed by atoms with E-state index in [0.29, 0.717) is 32.8 Å². The molecule has 3 nitrogen and oxygen atoms in total. The maximum Gasteiger partial charge on any atom is 0.237 e. The van der Waals surface area contributed by atoms with Crippen LogP contribution in [-0.2, 0) is 12.0 Å². The van der Waals surface area contributed by atoms with Crippen molar-refractivity contribution in [3.05, 3.63) is 99.8 Å². The van der Waals surface area contributed by atoms with Gasteiger partial charge in [-0.3, -0.25) is 0 Å². The van der Waals surface area contributed by atoms with Crippen molar-refractivity contribution in [2.75, 3.05) is 0 Å². The fraction of sp³-hybridized carbons (Fsp3) is 0.200. The lowest BCUT2D eigenvalue weighted by Gasteiger charge is -2.20. The summed E-state index contributed by atoms with van der Waals surface area (Å²) in [5.74, 6) is -0.238. The molecule has 3 aromatic rings. The van der Waals surface area contributed by atoms with Crippen molar-refractivity contribution >= 4 is 51.9 Å². The smallest absolute Gasteiger partial charge is 0.237 e. The highest BCUT2D eigenvalue weighted by molar-refractivity contribution is 7.81. The number of thiocarbonyl (C=S) groups is 1. The van der Waals surface area contributed by atoms with Crippen LogP contribution in [0.1, 0.15) is 37.5 Å². The summed E-state index contributed by atoms with van der Waals surface area (Å²) in [5, 5.41) is 17.4. The van der Waals surface area contributed by atoms with Crippen molar-refractivity contribution in [1.82, 2.24) is 5.32 Å². The molecule has 0 spiro atoms. The lowest BCUT2D eigenvalue weighted by atomic mass is 9.88. The Labute approximate surface area is 199 Å². The largest absolute Gasteiger partial charge is 0.867 e. The van der Waals surface area contributed by atoms with Crippen LogP contribution in [0, 0.1) is 0 Å². The number of halogens is 2. The normalized spacial score (nSPS) is 12.3. The average Bonchev–Trinajstić information content (AvgIpc) is 2.75. The zero-order valence-electron chi connectivity index (χ0n) is 17.7. The summed E-state index contributed by atoms with van der Waals surface area (Å²) >= 11 is 17.8. The molecule has 2 aromatic carbocycles. The van der Waals surface area contributed by atoms with Crippen LogP contribution in [-0.4, -0.2) is 4.99 Å². The Morgan fingerprint density at radius 2 is 1.61 bits per heavy atom. The number of aromatic nitrogens is 1. The second-order valence-electron chi connectivity index (χ2n) is 8.22. The van der Waals surface area contributed by atoms with Gasteiger partial charge in [-0.2, -0.15) is 4.57 Å². The van der Waals surface area contributed by atoms with Gasteiger partial charge in [-0.25, -0.2) is 0 Å². The summed E-state index contributed by atoms with van der Waals surface area (Å²) in [6.45, 7) is 6.94. The number of hydrogen-bond acceptors (Lipinski definition) is 2. The van der Waals surface area contributed by atoms with E-state index in [1.54, 1.807) is 22.8 Å². The molecule has 0 radical (unpaired) electrons. The van der Waals surface area contributed by atoms with Crippen LogP contribution in [0.15, 0.2) is 73.1 Å². The lowest BCUT2D eigenvalue weighted by molar-refractivity contribution is -0.578. The van der Waals surface area contributed by atoms with Gasteiger partial charge < -0.3 is 10.4 Å². The van der Waals surface area contributed by atoms with Gasteiger partial charge in [0.05, 0.1) is 10.0 Å². The predicted molar refractivity (Wildman–Crippen MR) is 131 cm³/mol. The van der Waals surface area contributed by atoms with Crippen LogP contribution in [0.3, 0.4) is 0 Å². The Morgan fingerprint density at radius 1 is 0.968 bits per heavy atom. The molecule has 0 atom stereocenters. The molecule has 160 valence electrons. The minimum Gasteiger partial charge on any atom is -0.867 e. The number of nitrogens with zero attached hydrogens (tertiary/aromatic N) is 1. The van der Waals surface area contributed by atoms with E-state index in [9.17, 15) is 5.11 Å². The number of pyridine rings is 1. The highest BCUT2D eigenvalue weighted by atomic mass is 35.5. The summed E-state index contributed by atoms with van der Waals surface area (Å²) < 4.78 is 1.75. The molecule has 0 fully saturated rings. The van der Waals surface area contributed by atoms with Gasteiger partial charge in [0.25, 0.3) is 0 Å². The van der Waals surface area contributed by atoms with Crippen LogP contribution in [0.2, 0.25) is 10.0 Å². The molecule has 0 saturated carbocycles. The molecule has 1 aromatic heterocycles. The van der Waals surface area contributed by atoms with Crippen molar-refractivity contribution in [2.24, 2.45) is 0 Å². The summed E-state index contributed by atoms with van der Waals surface area (Å²) in [7, 11) is 0. The van der Waals surface area contributed by atoms with Gasteiger partial charge in [-0.15, -0.1) is 0 Å². The van der Waals surface area contributed by atoms with Crippen LogP contribution >= 0.6 is 35.4 Å². The van der Waals surface area contributed by atoms with E-state index >= 15 is 0 Å². The van der Waals surface area contributed by atoms with Gasteiger partial charge in [0.1, 0.15) is 0 Å². The number of hydrogen-bond donors (Lipinski definition) is 1. The SMILES string of the molecule is CC(C)(C)c1cc[n+](/C(C(=S)NCc2ccccc2)=C(/[O-])c2ccc(Cl)c(Cl)c2)cc1. The van der Waals surface area contributed by atoms with Crippen LogP contribution < -0.4 is 15.0 Å². The van der Waals surface area contributed by atoms with Crippen LogP contribution in [0.25, 0.3) is 11.5 Å². The molecule has 31 heavy (non-hydrogen) atoms. The summed E-state index contributed by atoms with van der Waals surface area (Å²) in [6, 6.07) is 18.7. The molecular formula is C25H24Cl2N2OS. The van der Waals surface area contributed by atoms with E-state index in [0.717, 1.165) is 11.1 Å². The molecule has 0 aliphatic carbocycles. The third-order valence-corrected chi connectivity index (χ3v) is 5.94. The summed E-state index contributed by atoms with van der Waals surface area (Å²) in [6.07, 6.45) is 3.73. The van der Waals surface area contributed by atoms with Crippen molar-refractivity contribution in [2.45, 2.75) is 32.7 Å². The van der Waals surface area contributed by atoms with Gasteiger partial charge >= 0.3 is 0 Å². The molecule has 6 heteroatoms. The summed E-state index contributed by atoms with van der Waals surface area (Å²) in [5.41, 5.74) is 3.00. The van der Waals surface area contributed by atoms with E-state index < -0.39 is 0 Å². The van der Waals surface area contributed by atoms with Gasteiger partial charge in [0, 0.05) is 18.7 Å². The second kappa shape index (κ2) is 9.82. The van der Waals surface area contributed by atoms with Crippen molar-refractivity contribution in [3.63, 3.8) is 0 Å². The Kier molecular flexibility index (Phi) is 7.37. The second-order valence-corrected chi connectivity index (χ2v) is 9.44. The van der Waals surface area contributed by atoms with Gasteiger partial charge in [-0.1, -0.05) is 92.6 Å². The predicted octanol–water partition coefficient (Wildman–Crippen LogP) is 5.38. The third-order valence-electron chi connectivity index (χ3n) is 4.86. The Morgan fingerprint density at radius 3 is 2.19 bits per heavy atom. The molecule has 1 heterocycles. The summed E-state index contributed by atoms with van der Waals surface area (Å²) in [4.78, 5) is 0.355. The first-order valence-corrected chi connectivity index (χ1v) is 11.0. The molecular weight excluding hydrogens is 447 g/mol. The first-order valence-electron chi connectivity index (χ1n) is 9.88. The van der Waals surface area contributed by atoms with E-state index in [4.69, 9.17) is 35.4 Å². The Hall–Kier alpha value is -2.40. The van der Waals surface area contributed by atoms with E-state index in [2.05, 4.69) is 26.1 Å². The Balaban J connectivity index is 2.02. The number of benzene rings is 2. The average molecular weight is 471 g/mol. The molecule has 0 aliphatic rings. The minimum atomic E-state index is -0.238. The van der Waals surface area contributed by atoms with Crippen molar-refractivity contribution in [1.29, 1.82) is 0 Å². The molecule has 0 amide bonds. The van der Waals surface area contributed by atoms with E-state index in [1.807, 2.05) is 54.9 Å². The highest BCUT2D eigenvalue weighted by Crippen LogP contribution is 2.26. The van der Waals surface area contributed by atoms with E-state index in [1.165, 1.54) is 0 Å². The molecule has 3 rings (SSSR count). The van der Waals surface area contributed by atoms with Crippen molar-refractivity contribution < 1.29 is 9.67 Å². The monoisotopic (exact) mass is 470 g/mol. The van der Waals surface area contributed by atoms with Crippen LogP contribution in [0.5, 0.6) is 0 Å². The topological polar surface area (TPSA) is 39.0 Å². The minimum absolute atomic E-state index is 0.000957. The third kappa shape index (κ3) is 5.85. The molecule has 1 N–H and O–H groups in total.